The monoisotopic (exact) mass is 902 g/mol. The first-order valence-corrected chi connectivity index (χ1v) is 23.2. The summed E-state index contributed by atoms with van der Waals surface area (Å²) in [5, 5.41) is 0. The zero-order valence-electron chi connectivity index (χ0n) is 38.8. The summed E-state index contributed by atoms with van der Waals surface area (Å²) in [6.45, 7) is 6.40. The molecule has 0 radical (unpaired) electrons. The van der Waals surface area contributed by atoms with Gasteiger partial charge in [0.2, 0.25) is 0 Å². The van der Waals surface area contributed by atoms with Crippen LogP contribution < -0.4 is 16.4 Å². The quantitative estimate of drug-likeness (QED) is 0.0729. The highest BCUT2D eigenvalue weighted by atomic mass is 19.2. The van der Waals surface area contributed by atoms with Crippen molar-refractivity contribution in [1.82, 2.24) is 0 Å². The summed E-state index contributed by atoms with van der Waals surface area (Å²) in [4.78, 5) is 0. The Labute approximate surface area is 402 Å². The second-order valence-electron chi connectivity index (χ2n) is 17.9. The predicted octanol–water partition coefficient (Wildman–Crippen LogP) is 15.7. The van der Waals surface area contributed by atoms with Crippen molar-refractivity contribution in [3.8, 4) is 77.9 Å². The van der Waals surface area contributed by atoms with E-state index in [1.165, 1.54) is 0 Å². The molecule has 334 valence electrons. The third kappa shape index (κ3) is 8.73. The van der Waals surface area contributed by atoms with E-state index in [0.717, 1.165) is 77.9 Å². The SMILES string of the molecule is Cc1cc(-c2ccc(-c3ccccc3)cc2)cc(C)c1B(c1c(C)cc(-c2ccc(-c3ccccc3)cc2)cc1C)c1c(F)c(F)c(-c2cc(-c3ccccc3)cc(-c3ccccc3)c2)c(F)c1F. The second-order valence-corrected chi connectivity index (χ2v) is 17.9. The van der Waals surface area contributed by atoms with E-state index in [1.807, 2.05) is 155 Å². The molecule has 0 aliphatic rings. The molecule has 0 atom stereocenters. The molecular formula is C64H47BF4. The van der Waals surface area contributed by atoms with Crippen molar-refractivity contribution >= 4 is 23.1 Å². The van der Waals surface area contributed by atoms with Crippen LogP contribution in [-0.4, -0.2) is 6.71 Å². The lowest BCUT2D eigenvalue weighted by atomic mass is 9.33. The van der Waals surface area contributed by atoms with Crippen LogP contribution in [0.5, 0.6) is 0 Å². The molecule has 0 aromatic heterocycles. The summed E-state index contributed by atoms with van der Waals surface area (Å²) < 4.78 is 70.0. The number of rotatable bonds is 10. The number of hydrogen-bond acceptors (Lipinski definition) is 0. The molecule has 0 fully saturated rings. The molecule has 0 spiro atoms. The average Bonchev–Trinajstić information content (AvgIpc) is 3.38. The van der Waals surface area contributed by atoms with E-state index < -0.39 is 41.0 Å². The molecule has 0 nitrogen and oxygen atoms in total. The summed E-state index contributed by atoms with van der Waals surface area (Å²) in [6, 6.07) is 68.7. The van der Waals surface area contributed by atoms with Crippen LogP contribution in [0.2, 0.25) is 0 Å². The first kappa shape index (κ1) is 44.8. The van der Waals surface area contributed by atoms with Gasteiger partial charge in [0.05, 0.1) is 5.56 Å². The van der Waals surface area contributed by atoms with Crippen molar-refractivity contribution in [2.75, 3.05) is 0 Å². The van der Waals surface area contributed by atoms with Crippen LogP contribution in [0.4, 0.5) is 17.6 Å². The summed E-state index contributed by atoms with van der Waals surface area (Å²) in [7, 11) is 0. The van der Waals surface area contributed by atoms with Crippen molar-refractivity contribution in [3.05, 3.63) is 258 Å². The molecule has 0 heterocycles. The first-order chi connectivity index (χ1) is 33.5. The Hall–Kier alpha value is -8.02. The van der Waals surface area contributed by atoms with Gasteiger partial charge in [0, 0.05) is 5.46 Å². The maximum atomic E-state index is 17.6. The molecule has 10 aromatic carbocycles. The van der Waals surface area contributed by atoms with E-state index in [0.29, 0.717) is 22.1 Å². The fraction of sp³-hybridized carbons (Fsp3) is 0.0625. The Morgan fingerprint density at radius 3 is 0.768 bits per heavy atom. The molecule has 0 saturated carbocycles. The lowest BCUT2D eigenvalue weighted by Crippen LogP contribution is -2.58. The highest BCUT2D eigenvalue weighted by Crippen LogP contribution is 2.37. The van der Waals surface area contributed by atoms with Crippen LogP contribution in [-0.2, 0) is 0 Å². The molecule has 0 amide bonds. The molecule has 0 N–H and O–H groups in total. The van der Waals surface area contributed by atoms with Crippen LogP contribution in [0.25, 0.3) is 77.9 Å². The number of benzene rings is 10. The first-order valence-electron chi connectivity index (χ1n) is 23.2. The van der Waals surface area contributed by atoms with Gasteiger partial charge in [-0.05, 0) is 118 Å². The van der Waals surface area contributed by atoms with Crippen molar-refractivity contribution in [2.45, 2.75) is 27.7 Å². The Morgan fingerprint density at radius 1 is 0.232 bits per heavy atom. The lowest BCUT2D eigenvalue weighted by molar-refractivity contribution is 0.467. The zero-order chi connectivity index (χ0) is 47.8. The molecule has 69 heavy (non-hydrogen) atoms. The van der Waals surface area contributed by atoms with Gasteiger partial charge in [0.15, 0.2) is 23.3 Å². The molecule has 10 rings (SSSR count). The maximum Gasteiger partial charge on any atom is 0.250 e. The van der Waals surface area contributed by atoms with Crippen molar-refractivity contribution in [1.29, 1.82) is 0 Å². The second kappa shape index (κ2) is 18.9. The summed E-state index contributed by atoms with van der Waals surface area (Å²) in [5.41, 5.74) is 13.7. The fourth-order valence-corrected chi connectivity index (χ4v) is 10.1. The minimum absolute atomic E-state index is 0.0242. The van der Waals surface area contributed by atoms with Gasteiger partial charge in [0.1, 0.15) is 0 Å². The Balaban J connectivity index is 1.14. The van der Waals surface area contributed by atoms with Crippen LogP contribution >= 0.6 is 0 Å². The molecule has 10 aromatic rings. The summed E-state index contributed by atoms with van der Waals surface area (Å²) >= 11 is 0. The van der Waals surface area contributed by atoms with Crippen LogP contribution in [0.3, 0.4) is 0 Å². The topological polar surface area (TPSA) is 0 Å². The van der Waals surface area contributed by atoms with E-state index in [-0.39, 0.29) is 5.56 Å². The van der Waals surface area contributed by atoms with E-state index in [4.69, 9.17) is 0 Å². The molecular weight excluding hydrogens is 856 g/mol. The van der Waals surface area contributed by atoms with Crippen molar-refractivity contribution < 1.29 is 17.6 Å². The highest BCUT2D eigenvalue weighted by molar-refractivity contribution is 6.96. The lowest BCUT2D eigenvalue weighted by Gasteiger charge is -2.26. The minimum Gasteiger partial charge on any atom is -0.204 e. The summed E-state index contributed by atoms with van der Waals surface area (Å²) in [6.07, 6.45) is 0. The van der Waals surface area contributed by atoms with E-state index in [9.17, 15) is 0 Å². The number of aryl methyl sites for hydroxylation is 4. The van der Waals surface area contributed by atoms with Crippen LogP contribution in [0, 0.1) is 51.0 Å². The summed E-state index contributed by atoms with van der Waals surface area (Å²) in [5.74, 6) is -5.76. The van der Waals surface area contributed by atoms with Crippen LogP contribution in [0.15, 0.2) is 212 Å². The number of hydrogen-bond donors (Lipinski definition) is 0. The van der Waals surface area contributed by atoms with Gasteiger partial charge in [-0.15, -0.1) is 0 Å². The maximum absolute atomic E-state index is 17.6. The third-order valence-electron chi connectivity index (χ3n) is 13.4. The standard InChI is InChI=1S/C64H47BF4/c1-40-33-52(50-29-25-48(26-30-50)44-17-9-5-10-18-44)34-41(2)58(40)65(59-42(3)35-53(36-43(59)4)51-31-27-49(28-32-51)45-19-11-6-12-20-45)60-63(68)61(66)57(62(67)64(60)69)56-38-54(46-21-13-7-14-22-46)37-55(39-56)47-23-15-8-16-24-47/h5-39H,1-4H3. The van der Waals surface area contributed by atoms with Gasteiger partial charge in [-0.2, -0.15) is 0 Å². The van der Waals surface area contributed by atoms with E-state index >= 15 is 17.6 Å². The smallest absolute Gasteiger partial charge is 0.204 e. The molecule has 0 bridgehead atoms. The minimum atomic E-state index is -1.45. The fourth-order valence-electron chi connectivity index (χ4n) is 10.1. The largest absolute Gasteiger partial charge is 0.250 e. The van der Waals surface area contributed by atoms with Crippen molar-refractivity contribution in [2.24, 2.45) is 0 Å². The van der Waals surface area contributed by atoms with Gasteiger partial charge in [-0.1, -0.05) is 227 Å². The molecule has 5 heteroatoms. The average molecular weight is 903 g/mol. The number of halogens is 4. The Bertz CT molecular complexity index is 3210. The molecule has 0 saturated heterocycles. The third-order valence-corrected chi connectivity index (χ3v) is 13.4. The molecule has 0 aliphatic heterocycles. The van der Waals surface area contributed by atoms with Gasteiger partial charge in [0.25, 0.3) is 6.71 Å². The normalized spacial score (nSPS) is 11.2. The molecule has 0 unspecified atom stereocenters. The Morgan fingerprint density at radius 2 is 0.464 bits per heavy atom. The molecule has 0 aliphatic carbocycles. The predicted molar refractivity (Wildman–Crippen MR) is 281 cm³/mol. The van der Waals surface area contributed by atoms with Gasteiger partial charge >= 0.3 is 0 Å². The Kier molecular flexibility index (Phi) is 12.3. The van der Waals surface area contributed by atoms with E-state index in [1.54, 1.807) is 12.1 Å². The zero-order valence-corrected chi connectivity index (χ0v) is 38.8. The van der Waals surface area contributed by atoms with Crippen LogP contribution in [0.1, 0.15) is 22.3 Å². The highest BCUT2D eigenvalue weighted by Gasteiger charge is 2.38. The van der Waals surface area contributed by atoms with E-state index in [2.05, 4.69) is 72.8 Å². The van der Waals surface area contributed by atoms with Gasteiger partial charge < -0.3 is 0 Å². The van der Waals surface area contributed by atoms with Gasteiger partial charge in [-0.3, -0.25) is 0 Å². The van der Waals surface area contributed by atoms with Crippen molar-refractivity contribution in [3.63, 3.8) is 0 Å². The van der Waals surface area contributed by atoms with Gasteiger partial charge in [-0.25, -0.2) is 17.6 Å².